The smallest absolute Gasteiger partial charge is 0.239 e. The molecule has 0 amide bonds. The third-order valence-electron chi connectivity index (χ3n) is 3.91. The second kappa shape index (κ2) is 6.46. The van der Waals surface area contributed by atoms with Crippen molar-refractivity contribution in [3.8, 4) is 16.8 Å². The van der Waals surface area contributed by atoms with E-state index < -0.39 is 38.2 Å². The van der Waals surface area contributed by atoms with Crippen molar-refractivity contribution < 1.29 is 26.0 Å². The highest BCUT2D eigenvalue weighted by Crippen LogP contribution is 2.40. The first-order chi connectivity index (χ1) is 12.5. The van der Waals surface area contributed by atoms with Gasteiger partial charge in [-0.1, -0.05) is 6.07 Å². The molecule has 0 radical (unpaired) electrons. The Kier molecular flexibility index (Phi) is 4.56. The summed E-state index contributed by atoms with van der Waals surface area (Å²) in [7, 11) is -4.53. The first kappa shape index (κ1) is 19.1. The summed E-state index contributed by atoms with van der Waals surface area (Å²) in [4.78, 5) is -0.738. The van der Waals surface area contributed by atoms with E-state index in [0.29, 0.717) is 0 Å². The van der Waals surface area contributed by atoms with E-state index in [0.717, 1.165) is 22.9 Å². The number of aryl methyl sites for hydroxylation is 1. The molecule has 142 valence electrons. The molecule has 0 aliphatic rings. The second-order valence-corrected chi connectivity index (χ2v) is 7.36. The minimum Gasteiger partial charge on any atom is -0.239 e. The zero-order chi connectivity index (χ0) is 20.0. The van der Waals surface area contributed by atoms with Crippen LogP contribution >= 0.6 is 0 Å². The fraction of sp³-hybridized carbons (Fsp3) is 0.118. The van der Waals surface area contributed by atoms with Gasteiger partial charge in [0, 0.05) is 12.4 Å². The van der Waals surface area contributed by atoms with Crippen molar-refractivity contribution in [1.82, 2.24) is 9.78 Å². The van der Waals surface area contributed by atoms with Gasteiger partial charge in [0.1, 0.15) is 10.7 Å². The summed E-state index contributed by atoms with van der Waals surface area (Å²) in [5.74, 6) is -0.533. The standard InChI is InChI=1S/C17H13F4N3O2S/c1-10-7-11(3-4-14(10)18)12-8-13(17(19,20)21)16(24-6-2-5-23-24)15(9-12)27(22,25)26/h2-9H,1H3,(H2,22,25,26). The largest absolute Gasteiger partial charge is 0.418 e. The van der Waals surface area contributed by atoms with Gasteiger partial charge in [-0.25, -0.2) is 22.6 Å². The van der Waals surface area contributed by atoms with Crippen LogP contribution in [0.1, 0.15) is 11.1 Å². The van der Waals surface area contributed by atoms with E-state index in [9.17, 15) is 26.0 Å². The molecule has 0 atom stereocenters. The predicted octanol–water partition coefficient (Wildman–Crippen LogP) is 3.65. The molecule has 0 spiro atoms. The lowest BCUT2D eigenvalue weighted by Crippen LogP contribution is -2.20. The lowest BCUT2D eigenvalue weighted by atomic mass is 9.99. The van der Waals surface area contributed by atoms with Crippen molar-refractivity contribution in [3.63, 3.8) is 0 Å². The molecule has 10 heteroatoms. The number of aromatic nitrogens is 2. The van der Waals surface area contributed by atoms with Gasteiger partial charge in [0.2, 0.25) is 10.0 Å². The quantitative estimate of drug-likeness (QED) is 0.683. The van der Waals surface area contributed by atoms with Gasteiger partial charge >= 0.3 is 6.18 Å². The van der Waals surface area contributed by atoms with Crippen LogP contribution in [0.5, 0.6) is 0 Å². The number of nitrogens with two attached hydrogens (primary N) is 1. The van der Waals surface area contributed by atoms with Crippen LogP contribution in [0.15, 0.2) is 53.7 Å². The van der Waals surface area contributed by atoms with Crippen molar-refractivity contribution in [2.45, 2.75) is 18.0 Å². The first-order valence-corrected chi connectivity index (χ1v) is 9.07. The Morgan fingerprint density at radius 1 is 1.11 bits per heavy atom. The Bertz CT molecular complexity index is 1110. The number of benzene rings is 2. The van der Waals surface area contributed by atoms with E-state index in [-0.39, 0.29) is 16.7 Å². The number of alkyl halides is 3. The molecule has 0 aliphatic heterocycles. The van der Waals surface area contributed by atoms with Crippen molar-refractivity contribution in [1.29, 1.82) is 0 Å². The highest BCUT2D eigenvalue weighted by molar-refractivity contribution is 7.89. The number of halogens is 4. The number of hydrogen-bond donors (Lipinski definition) is 1. The van der Waals surface area contributed by atoms with Gasteiger partial charge in [-0.3, -0.25) is 0 Å². The monoisotopic (exact) mass is 399 g/mol. The number of sulfonamides is 1. The highest BCUT2D eigenvalue weighted by atomic mass is 32.2. The van der Waals surface area contributed by atoms with Gasteiger partial charge in [0.25, 0.3) is 0 Å². The van der Waals surface area contributed by atoms with Gasteiger partial charge < -0.3 is 0 Å². The average molecular weight is 399 g/mol. The third kappa shape index (κ3) is 3.71. The molecule has 5 nitrogen and oxygen atoms in total. The fourth-order valence-electron chi connectivity index (χ4n) is 2.67. The van der Waals surface area contributed by atoms with Gasteiger partial charge in [-0.05, 0) is 53.9 Å². The molecule has 0 bridgehead atoms. The van der Waals surface area contributed by atoms with Crippen molar-refractivity contribution in [3.05, 3.63) is 65.7 Å². The molecule has 3 rings (SSSR count). The maximum absolute atomic E-state index is 13.7. The van der Waals surface area contributed by atoms with Crippen molar-refractivity contribution >= 4 is 10.0 Å². The van der Waals surface area contributed by atoms with Gasteiger partial charge in [-0.15, -0.1) is 0 Å². The minimum atomic E-state index is -4.88. The Balaban J connectivity index is 2.41. The zero-order valence-corrected chi connectivity index (χ0v) is 14.6. The Morgan fingerprint density at radius 3 is 2.33 bits per heavy atom. The zero-order valence-electron chi connectivity index (χ0n) is 13.8. The fourth-order valence-corrected chi connectivity index (χ4v) is 3.43. The molecule has 0 fully saturated rings. The maximum atomic E-state index is 13.7. The Morgan fingerprint density at radius 2 is 1.81 bits per heavy atom. The topological polar surface area (TPSA) is 78.0 Å². The summed E-state index contributed by atoms with van der Waals surface area (Å²) in [6.45, 7) is 1.45. The first-order valence-electron chi connectivity index (χ1n) is 7.53. The summed E-state index contributed by atoms with van der Waals surface area (Å²) in [6.07, 6.45) is -2.49. The number of primary sulfonamides is 1. The third-order valence-corrected chi connectivity index (χ3v) is 4.84. The number of hydrogen-bond acceptors (Lipinski definition) is 3. The van der Waals surface area contributed by atoms with Crippen LogP contribution in [0.4, 0.5) is 17.6 Å². The Hall–Kier alpha value is -2.72. The van der Waals surface area contributed by atoms with Crippen LogP contribution in [-0.4, -0.2) is 18.2 Å². The molecule has 1 heterocycles. The lowest BCUT2D eigenvalue weighted by molar-refractivity contribution is -0.137. The molecular formula is C17H13F4N3O2S. The molecule has 0 saturated heterocycles. The Labute approximate surface area is 152 Å². The predicted molar refractivity (Wildman–Crippen MR) is 90.1 cm³/mol. The highest BCUT2D eigenvalue weighted by Gasteiger charge is 2.38. The van der Waals surface area contributed by atoms with Gasteiger partial charge in [0.05, 0.1) is 11.3 Å². The van der Waals surface area contributed by atoms with E-state index in [1.54, 1.807) is 0 Å². The second-order valence-electron chi connectivity index (χ2n) is 5.83. The maximum Gasteiger partial charge on any atom is 0.418 e. The summed E-state index contributed by atoms with van der Waals surface area (Å²) in [5.41, 5.74) is -1.57. The molecule has 0 unspecified atom stereocenters. The molecule has 27 heavy (non-hydrogen) atoms. The molecule has 2 N–H and O–H groups in total. The molecule has 0 aliphatic carbocycles. The van der Waals surface area contributed by atoms with E-state index >= 15 is 0 Å². The van der Waals surface area contributed by atoms with Crippen LogP contribution in [0.3, 0.4) is 0 Å². The van der Waals surface area contributed by atoms with Crippen molar-refractivity contribution in [2.75, 3.05) is 0 Å². The van der Waals surface area contributed by atoms with Crippen LogP contribution in [0.25, 0.3) is 16.8 Å². The van der Waals surface area contributed by atoms with Crippen LogP contribution in [0.2, 0.25) is 0 Å². The molecule has 2 aromatic carbocycles. The van der Waals surface area contributed by atoms with E-state index in [4.69, 9.17) is 5.14 Å². The lowest BCUT2D eigenvalue weighted by Gasteiger charge is -2.18. The van der Waals surface area contributed by atoms with E-state index in [1.165, 1.54) is 37.5 Å². The van der Waals surface area contributed by atoms with Crippen LogP contribution < -0.4 is 5.14 Å². The number of nitrogens with zero attached hydrogens (tertiary/aromatic N) is 2. The van der Waals surface area contributed by atoms with Gasteiger partial charge in [-0.2, -0.15) is 18.3 Å². The van der Waals surface area contributed by atoms with Crippen LogP contribution in [0, 0.1) is 12.7 Å². The van der Waals surface area contributed by atoms with E-state index in [1.807, 2.05) is 0 Å². The molecular weight excluding hydrogens is 386 g/mol. The normalized spacial score (nSPS) is 12.4. The average Bonchev–Trinajstić information content (AvgIpc) is 3.09. The van der Waals surface area contributed by atoms with Crippen molar-refractivity contribution in [2.24, 2.45) is 5.14 Å². The van der Waals surface area contributed by atoms with E-state index in [2.05, 4.69) is 5.10 Å². The summed E-state index contributed by atoms with van der Waals surface area (Å²) >= 11 is 0. The minimum absolute atomic E-state index is 0.0645. The molecule has 3 aromatic rings. The molecule has 1 aromatic heterocycles. The summed E-state index contributed by atoms with van der Waals surface area (Å²) < 4.78 is 79.5. The SMILES string of the molecule is Cc1cc(-c2cc(C(F)(F)F)c(-n3cccn3)c(S(N)(=O)=O)c2)ccc1F. The van der Waals surface area contributed by atoms with Crippen LogP contribution in [-0.2, 0) is 16.2 Å². The summed E-state index contributed by atoms with van der Waals surface area (Å²) in [5, 5.41) is 8.89. The molecule has 0 saturated carbocycles. The summed E-state index contributed by atoms with van der Waals surface area (Å²) in [6, 6.07) is 6.84. The number of rotatable bonds is 3. The van der Waals surface area contributed by atoms with Gasteiger partial charge in [0.15, 0.2) is 0 Å².